The molecule has 0 unspecified atom stereocenters. The Bertz CT molecular complexity index is 563. The summed E-state index contributed by atoms with van der Waals surface area (Å²) in [6.07, 6.45) is 9.23. The molecule has 2 aliphatic rings. The number of benzene rings is 1. The predicted molar refractivity (Wildman–Crippen MR) is 82.2 cm³/mol. The molecule has 1 aromatic carbocycles. The van der Waals surface area contributed by atoms with Crippen LogP contribution in [0.25, 0.3) is 0 Å². The van der Waals surface area contributed by atoms with E-state index in [9.17, 15) is 4.79 Å². The minimum Gasteiger partial charge on any atom is -0.497 e. The van der Waals surface area contributed by atoms with Crippen molar-refractivity contribution in [2.75, 3.05) is 7.11 Å². The third-order valence-electron chi connectivity index (χ3n) is 4.31. The van der Waals surface area contributed by atoms with Crippen LogP contribution in [-0.2, 0) is 11.2 Å². The number of amides is 1. The van der Waals surface area contributed by atoms with Crippen LogP contribution in [0.4, 0.5) is 0 Å². The van der Waals surface area contributed by atoms with Gasteiger partial charge in [-0.3, -0.25) is 4.79 Å². The molecule has 3 rings (SSSR count). The highest BCUT2D eigenvalue weighted by molar-refractivity contribution is 5.79. The number of nitrogens with zero attached hydrogens (tertiary/aromatic N) is 1. The van der Waals surface area contributed by atoms with Crippen molar-refractivity contribution in [2.24, 2.45) is 22.9 Å². The van der Waals surface area contributed by atoms with E-state index in [2.05, 4.69) is 22.7 Å². The summed E-state index contributed by atoms with van der Waals surface area (Å²) in [4.78, 5) is 11.8. The molecule has 0 spiro atoms. The lowest BCUT2D eigenvalue weighted by atomic mass is 9.95. The Balaban J connectivity index is 1.46. The molecule has 0 heterocycles. The Morgan fingerprint density at radius 3 is 2.76 bits per heavy atom. The lowest BCUT2D eigenvalue weighted by Crippen LogP contribution is -2.21. The summed E-state index contributed by atoms with van der Waals surface area (Å²) < 4.78 is 5.09. The number of methoxy groups -OCH3 is 1. The monoisotopic (exact) mass is 284 g/mol. The van der Waals surface area contributed by atoms with Crippen molar-refractivity contribution in [3.63, 3.8) is 0 Å². The zero-order valence-electron chi connectivity index (χ0n) is 12.2. The van der Waals surface area contributed by atoms with E-state index in [1.54, 1.807) is 7.11 Å². The maximum Gasteiger partial charge on any atom is 0.244 e. The molecule has 1 N–H and O–H groups in total. The SMILES string of the molecule is COc1ccc(CC(=O)N/N=C\[C@H]2C[C@H]3C=C[C@H]2C3)cc1. The summed E-state index contributed by atoms with van der Waals surface area (Å²) in [5.41, 5.74) is 3.57. The van der Waals surface area contributed by atoms with Crippen molar-refractivity contribution in [3.05, 3.63) is 42.0 Å². The Morgan fingerprint density at radius 1 is 1.33 bits per heavy atom. The standard InChI is InChI=1S/C17H20N2O2/c1-21-16-6-3-12(4-7-16)10-17(20)19-18-11-15-9-13-2-5-14(15)8-13/h2-7,11,13-15H,8-10H2,1H3,(H,19,20)/b18-11-/t13-,14-,15+/m0/s1. The van der Waals surface area contributed by atoms with Gasteiger partial charge in [0.15, 0.2) is 0 Å². The number of hydrogen-bond donors (Lipinski definition) is 1. The summed E-state index contributed by atoms with van der Waals surface area (Å²) in [6.45, 7) is 0. The summed E-state index contributed by atoms with van der Waals surface area (Å²) in [5, 5.41) is 4.12. The zero-order valence-corrected chi connectivity index (χ0v) is 12.2. The molecule has 4 nitrogen and oxygen atoms in total. The molecule has 21 heavy (non-hydrogen) atoms. The number of allylic oxidation sites excluding steroid dienone is 2. The average molecular weight is 284 g/mol. The topological polar surface area (TPSA) is 50.7 Å². The lowest BCUT2D eigenvalue weighted by Gasteiger charge is -2.11. The smallest absolute Gasteiger partial charge is 0.244 e. The van der Waals surface area contributed by atoms with Crippen LogP contribution in [0.1, 0.15) is 18.4 Å². The van der Waals surface area contributed by atoms with E-state index < -0.39 is 0 Å². The van der Waals surface area contributed by atoms with E-state index in [1.165, 1.54) is 12.8 Å². The van der Waals surface area contributed by atoms with Crippen LogP contribution in [0.15, 0.2) is 41.5 Å². The fraction of sp³-hybridized carbons (Fsp3) is 0.412. The molecule has 4 heteroatoms. The third-order valence-corrected chi connectivity index (χ3v) is 4.31. The normalized spacial score (nSPS) is 26.4. The number of ether oxygens (including phenoxy) is 1. The van der Waals surface area contributed by atoms with Crippen LogP contribution in [-0.4, -0.2) is 19.2 Å². The van der Waals surface area contributed by atoms with Gasteiger partial charge in [0.1, 0.15) is 5.75 Å². The minimum absolute atomic E-state index is 0.0879. The number of hydrazone groups is 1. The zero-order chi connectivity index (χ0) is 14.7. The second kappa shape index (κ2) is 6.12. The minimum atomic E-state index is -0.0879. The molecule has 1 fully saturated rings. The van der Waals surface area contributed by atoms with Crippen molar-refractivity contribution >= 4 is 12.1 Å². The summed E-state index contributed by atoms with van der Waals surface area (Å²) in [7, 11) is 1.63. The average Bonchev–Trinajstić information content (AvgIpc) is 3.11. The fourth-order valence-corrected chi connectivity index (χ4v) is 3.17. The molecule has 0 radical (unpaired) electrons. The summed E-state index contributed by atoms with van der Waals surface area (Å²) in [6, 6.07) is 7.49. The molecule has 1 amide bonds. The Hall–Kier alpha value is -2.10. The number of hydrogen-bond acceptors (Lipinski definition) is 3. The van der Waals surface area contributed by atoms with Gasteiger partial charge >= 0.3 is 0 Å². The van der Waals surface area contributed by atoms with Crippen LogP contribution < -0.4 is 10.2 Å². The molecule has 1 aromatic rings. The van der Waals surface area contributed by atoms with E-state index in [0.717, 1.165) is 17.2 Å². The fourth-order valence-electron chi connectivity index (χ4n) is 3.17. The van der Waals surface area contributed by atoms with Gasteiger partial charge in [-0.15, -0.1) is 0 Å². The van der Waals surface area contributed by atoms with Gasteiger partial charge in [-0.1, -0.05) is 24.3 Å². The highest BCUT2D eigenvalue weighted by Gasteiger charge is 2.34. The Kier molecular flexibility index (Phi) is 4.04. The van der Waals surface area contributed by atoms with E-state index in [4.69, 9.17) is 4.74 Å². The molecule has 3 atom stereocenters. The second-order valence-electron chi connectivity index (χ2n) is 5.78. The summed E-state index contributed by atoms with van der Waals surface area (Å²) >= 11 is 0. The maximum atomic E-state index is 11.8. The van der Waals surface area contributed by atoms with Gasteiger partial charge in [-0.2, -0.15) is 5.10 Å². The highest BCUT2D eigenvalue weighted by Crippen LogP contribution is 2.42. The number of carbonyl (C=O) groups excluding carboxylic acids is 1. The molecule has 2 aliphatic carbocycles. The second-order valence-corrected chi connectivity index (χ2v) is 5.78. The maximum absolute atomic E-state index is 11.8. The quantitative estimate of drug-likeness (QED) is 0.513. The van der Waals surface area contributed by atoms with E-state index in [0.29, 0.717) is 18.3 Å². The van der Waals surface area contributed by atoms with Crippen LogP contribution in [0, 0.1) is 17.8 Å². The van der Waals surface area contributed by atoms with Gasteiger partial charge in [-0.25, -0.2) is 5.43 Å². The van der Waals surface area contributed by atoms with Gasteiger partial charge in [0.05, 0.1) is 13.5 Å². The molecular weight excluding hydrogens is 264 g/mol. The first-order valence-corrected chi connectivity index (χ1v) is 7.38. The van der Waals surface area contributed by atoms with Crippen LogP contribution in [0.3, 0.4) is 0 Å². The van der Waals surface area contributed by atoms with Crippen LogP contribution >= 0.6 is 0 Å². The Morgan fingerprint density at radius 2 is 2.14 bits per heavy atom. The first-order chi connectivity index (χ1) is 10.2. The van der Waals surface area contributed by atoms with Gasteiger partial charge < -0.3 is 4.74 Å². The van der Waals surface area contributed by atoms with Gasteiger partial charge in [-0.05, 0) is 42.4 Å². The molecule has 2 bridgehead atoms. The summed E-state index contributed by atoms with van der Waals surface area (Å²) in [5.74, 6) is 2.54. The van der Waals surface area contributed by atoms with Crippen molar-refractivity contribution in [1.82, 2.24) is 5.43 Å². The van der Waals surface area contributed by atoms with Crippen LogP contribution in [0.5, 0.6) is 5.75 Å². The number of carbonyl (C=O) groups is 1. The first-order valence-electron chi connectivity index (χ1n) is 7.38. The molecule has 1 saturated carbocycles. The number of nitrogens with one attached hydrogen (secondary N) is 1. The molecule has 110 valence electrons. The number of rotatable bonds is 5. The van der Waals surface area contributed by atoms with Crippen LogP contribution in [0.2, 0.25) is 0 Å². The largest absolute Gasteiger partial charge is 0.497 e. The van der Waals surface area contributed by atoms with Gasteiger partial charge in [0.25, 0.3) is 0 Å². The number of fused-ring (bicyclic) bond motifs is 2. The van der Waals surface area contributed by atoms with Crippen molar-refractivity contribution in [1.29, 1.82) is 0 Å². The van der Waals surface area contributed by atoms with E-state index in [1.807, 2.05) is 30.5 Å². The van der Waals surface area contributed by atoms with Crippen molar-refractivity contribution in [2.45, 2.75) is 19.3 Å². The van der Waals surface area contributed by atoms with Gasteiger partial charge in [0, 0.05) is 12.1 Å². The highest BCUT2D eigenvalue weighted by atomic mass is 16.5. The Labute approximate surface area is 124 Å². The molecule has 0 aromatic heterocycles. The van der Waals surface area contributed by atoms with Crippen molar-refractivity contribution < 1.29 is 9.53 Å². The van der Waals surface area contributed by atoms with Crippen molar-refractivity contribution in [3.8, 4) is 5.75 Å². The third kappa shape index (κ3) is 3.32. The van der Waals surface area contributed by atoms with E-state index in [-0.39, 0.29) is 5.91 Å². The first kappa shape index (κ1) is 13.9. The lowest BCUT2D eigenvalue weighted by molar-refractivity contribution is -0.120. The molecular formula is C17H20N2O2. The molecule has 0 saturated heterocycles. The van der Waals surface area contributed by atoms with E-state index >= 15 is 0 Å². The predicted octanol–water partition coefficient (Wildman–Crippen LogP) is 2.55. The molecule has 0 aliphatic heterocycles. The van der Waals surface area contributed by atoms with Gasteiger partial charge in [0.2, 0.25) is 5.91 Å².